The van der Waals surface area contributed by atoms with E-state index >= 15 is 0 Å². The van der Waals surface area contributed by atoms with Crippen molar-refractivity contribution in [2.24, 2.45) is 5.92 Å². The van der Waals surface area contributed by atoms with E-state index in [-0.39, 0.29) is 25.8 Å². The topological polar surface area (TPSA) is 81.9 Å². The van der Waals surface area contributed by atoms with E-state index in [1.807, 2.05) is 12.1 Å². The van der Waals surface area contributed by atoms with Crippen LogP contribution in [0, 0.1) is 17.2 Å². The minimum Gasteiger partial charge on any atom is -0.346 e. The van der Waals surface area contributed by atoms with Crippen molar-refractivity contribution in [2.75, 3.05) is 0 Å². The molecule has 1 aromatic carbocycles. The number of amides is 1. The Morgan fingerprint density at radius 2 is 1.94 bits per heavy atom. The first-order valence-corrected chi connectivity index (χ1v) is 11.2. The summed E-state index contributed by atoms with van der Waals surface area (Å²) in [5.41, 5.74) is 3.44. The number of rotatable bonds is 6. The molecule has 3 heterocycles. The van der Waals surface area contributed by atoms with Gasteiger partial charge in [-0.25, -0.2) is 0 Å². The molecule has 182 valence electrons. The fourth-order valence-electron chi connectivity index (χ4n) is 4.32. The molecule has 4 rings (SSSR count). The molecule has 9 heteroatoms. The lowest BCUT2D eigenvalue weighted by atomic mass is 9.99. The van der Waals surface area contributed by atoms with Crippen molar-refractivity contribution in [2.45, 2.75) is 45.7 Å². The number of fused-ring (bicyclic) bond motifs is 1. The van der Waals surface area contributed by atoms with Crippen molar-refractivity contribution in [1.29, 1.82) is 5.26 Å². The number of hydrogen-bond donors (Lipinski definition) is 1. The Bertz CT molecular complexity index is 1250. The van der Waals surface area contributed by atoms with Gasteiger partial charge in [0.2, 0.25) is 0 Å². The highest BCUT2D eigenvalue weighted by molar-refractivity contribution is 5.94. The Hall–Kier alpha value is -3.77. The molecule has 0 fully saturated rings. The highest BCUT2D eigenvalue weighted by Gasteiger charge is 2.35. The second kappa shape index (κ2) is 9.84. The number of benzene rings is 1. The summed E-state index contributed by atoms with van der Waals surface area (Å²) in [6.07, 6.45) is -1.35. The molecule has 6 nitrogen and oxygen atoms in total. The van der Waals surface area contributed by atoms with Crippen LogP contribution in [0.25, 0.3) is 0 Å². The van der Waals surface area contributed by atoms with Gasteiger partial charge in [-0.1, -0.05) is 26.0 Å². The predicted octanol–water partition coefficient (Wildman–Crippen LogP) is 5.26. The summed E-state index contributed by atoms with van der Waals surface area (Å²) in [6.45, 7) is 5.39. The SMILES string of the molecule is CC(C)[C@H]1c2ncc(C(=O)NCc3ccc(C#N)cn3)cc2CN1Cc1ccc(C(F)(F)F)cc1.[HH]. The van der Waals surface area contributed by atoms with E-state index in [0.29, 0.717) is 29.9 Å². The number of halogens is 3. The summed E-state index contributed by atoms with van der Waals surface area (Å²) < 4.78 is 38.7. The van der Waals surface area contributed by atoms with Gasteiger partial charge in [0.1, 0.15) is 6.07 Å². The summed E-state index contributed by atoms with van der Waals surface area (Å²) >= 11 is 0. The maximum atomic E-state index is 12.9. The molecule has 3 aromatic rings. The molecule has 0 aliphatic carbocycles. The normalized spacial score (nSPS) is 15.6. The highest BCUT2D eigenvalue weighted by Crippen LogP contribution is 2.39. The summed E-state index contributed by atoms with van der Waals surface area (Å²) in [5, 5.41) is 11.7. The summed E-state index contributed by atoms with van der Waals surface area (Å²) in [6, 6.07) is 12.4. The van der Waals surface area contributed by atoms with Gasteiger partial charge in [-0.3, -0.25) is 19.7 Å². The van der Waals surface area contributed by atoms with Crippen molar-refractivity contribution in [3.63, 3.8) is 0 Å². The molecule has 0 bridgehead atoms. The van der Waals surface area contributed by atoms with Crippen molar-refractivity contribution >= 4 is 5.91 Å². The van der Waals surface area contributed by atoms with Crippen molar-refractivity contribution in [1.82, 2.24) is 20.2 Å². The van der Waals surface area contributed by atoms with Gasteiger partial charge in [0.15, 0.2) is 0 Å². The number of aromatic nitrogens is 2. The van der Waals surface area contributed by atoms with Crippen LogP contribution in [0.3, 0.4) is 0 Å². The minimum atomic E-state index is -4.36. The number of nitriles is 1. The van der Waals surface area contributed by atoms with Crippen LogP contribution in [0.2, 0.25) is 0 Å². The molecule has 1 aliphatic heterocycles. The average molecular weight is 482 g/mol. The third-order valence-corrected chi connectivity index (χ3v) is 5.99. The first-order chi connectivity index (χ1) is 16.7. The molecule has 1 aliphatic rings. The van der Waals surface area contributed by atoms with Crippen molar-refractivity contribution in [3.8, 4) is 6.07 Å². The molecule has 0 saturated carbocycles. The van der Waals surface area contributed by atoms with Crippen LogP contribution >= 0.6 is 0 Å². The Kier molecular flexibility index (Phi) is 6.85. The molecule has 0 radical (unpaired) electrons. The smallest absolute Gasteiger partial charge is 0.346 e. The zero-order valence-corrected chi connectivity index (χ0v) is 19.3. The van der Waals surface area contributed by atoms with E-state index in [1.165, 1.54) is 18.3 Å². The lowest BCUT2D eigenvalue weighted by Crippen LogP contribution is -2.26. The number of carbonyl (C=O) groups excluding carboxylic acids is 1. The van der Waals surface area contributed by atoms with Crippen LogP contribution in [0.15, 0.2) is 54.9 Å². The molecule has 0 spiro atoms. The largest absolute Gasteiger partial charge is 0.416 e. The van der Waals surface area contributed by atoms with Crippen molar-refractivity contribution < 1.29 is 19.4 Å². The summed E-state index contributed by atoms with van der Waals surface area (Å²) in [7, 11) is 0. The molecule has 0 unspecified atom stereocenters. The van der Waals surface area contributed by atoms with Gasteiger partial charge in [0.05, 0.1) is 40.7 Å². The van der Waals surface area contributed by atoms with Gasteiger partial charge in [0, 0.05) is 26.9 Å². The monoisotopic (exact) mass is 481 g/mol. The standard InChI is InChI=1S/C26H24F3N5O.H2/c1-16(2)24-23-20(15-34(24)14-17-3-6-21(7-4-17)26(27,28)29)9-19(12-32-23)25(35)33-13-22-8-5-18(10-30)11-31-22;/h3-9,11-12,16,24H,13-15H2,1-2H3,(H,33,35);1H/t24-;/m0./s1. The fourth-order valence-corrected chi connectivity index (χ4v) is 4.32. The molecule has 1 atom stereocenters. The summed E-state index contributed by atoms with van der Waals surface area (Å²) in [5.74, 6) is -0.0610. The lowest BCUT2D eigenvalue weighted by Gasteiger charge is -2.27. The molecule has 2 aromatic heterocycles. The number of hydrogen-bond acceptors (Lipinski definition) is 5. The Morgan fingerprint density at radius 3 is 2.54 bits per heavy atom. The Balaban J connectivity index is 0.00000361. The maximum Gasteiger partial charge on any atom is 0.416 e. The van der Waals surface area contributed by atoms with Crippen LogP contribution in [0.1, 0.15) is 65.3 Å². The number of alkyl halides is 3. The van der Waals surface area contributed by atoms with Crippen molar-refractivity contribution in [3.05, 3.63) is 94.1 Å². The summed E-state index contributed by atoms with van der Waals surface area (Å²) in [4.78, 5) is 23.6. The van der Waals surface area contributed by atoms with Gasteiger partial charge in [0.25, 0.3) is 5.91 Å². The predicted molar refractivity (Wildman–Crippen MR) is 125 cm³/mol. The van der Waals surface area contributed by atoms with E-state index in [9.17, 15) is 18.0 Å². The first kappa shape index (κ1) is 24.4. The number of nitrogens with zero attached hydrogens (tertiary/aromatic N) is 4. The molecule has 1 N–H and O–H groups in total. The molecule has 0 saturated heterocycles. The number of nitrogens with one attached hydrogen (secondary N) is 1. The molecule has 35 heavy (non-hydrogen) atoms. The highest BCUT2D eigenvalue weighted by atomic mass is 19.4. The maximum absolute atomic E-state index is 12.9. The Labute approximate surface area is 202 Å². The minimum absolute atomic E-state index is 0. The lowest BCUT2D eigenvalue weighted by molar-refractivity contribution is -0.137. The van der Waals surface area contributed by atoms with E-state index in [1.54, 1.807) is 18.3 Å². The van der Waals surface area contributed by atoms with Gasteiger partial charge in [-0.05, 0) is 47.4 Å². The Morgan fingerprint density at radius 1 is 1.20 bits per heavy atom. The second-order valence-corrected chi connectivity index (χ2v) is 8.89. The fraction of sp³-hybridized carbons (Fsp3) is 0.308. The van der Waals surface area contributed by atoms with Gasteiger partial charge in [-0.15, -0.1) is 0 Å². The van der Waals surface area contributed by atoms with Gasteiger partial charge < -0.3 is 5.32 Å². The number of carbonyl (C=O) groups is 1. The van der Waals surface area contributed by atoms with Crippen LogP contribution in [0.4, 0.5) is 13.2 Å². The average Bonchev–Trinajstić information content (AvgIpc) is 3.19. The number of pyridine rings is 2. The quantitative estimate of drug-likeness (QED) is 0.520. The zero-order valence-electron chi connectivity index (χ0n) is 19.3. The van der Waals surface area contributed by atoms with Gasteiger partial charge >= 0.3 is 6.18 Å². The van der Waals surface area contributed by atoms with E-state index in [0.717, 1.165) is 29.0 Å². The molecular formula is C26H26F3N5O. The van der Waals surface area contributed by atoms with Gasteiger partial charge in [-0.2, -0.15) is 18.4 Å². The van der Waals surface area contributed by atoms with Crippen LogP contribution in [0.5, 0.6) is 0 Å². The van der Waals surface area contributed by atoms with E-state index < -0.39 is 11.7 Å². The van der Waals surface area contributed by atoms with E-state index in [4.69, 9.17) is 5.26 Å². The van der Waals surface area contributed by atoms with Crippen LogP contribution in [-0.2, 0) is 25.8 Å². The van der Waals surface area contributed by atoms with E-state index in [2.05, 4.69) is 34.0 Å². The van der Waals surface area contributed by atoms with Crippen LogP contribution < -0.4 is 5.32 Å². The second-order valence-electron chi connectivity index (χ2n) is 8.89. The molecule has 1 amide bonds. The molecular weight excluding hydrogens is 455 g/mol. The zero-order chi connectivity index (χ0) is 25.2. The van der Waals surface area contributed by atoms with Crippen LogP contribution in [-0.4, -0.2) is 20.8 Å². The first-order valence-electron chi connectivity index (χ1n) is 11.2. The third kappa shape index (κ3) is 5.49. The third-order valence-electron chi connectivity index (χ3n) is 5.99.